The Morgan fingerprint density at radius 2 is 2.06 bits per heavy atom. The third-order valence-corrected chi connectivity index (χ3v) is 4.34. The number of nitrogens with one attached hydrogen (secondary N) is 2. The monoisotopic (exact) mass is 246 g/mol. The van der Waals surface area contributed by atoms with Gasteiger partial charge in [0.05, 0.1) is 0 Å². The predicted octanol–water partition coefficient (Wildman–Crippen LogP) is 2.35. The zero-order valence-electron chi connectivity index (χ0n) is 12.0. The average molecular weight is 246 g/mol. The molecule has 2 nitrogen and oxygen atoms in total. The lowest BCUT2D eigenvalue weighted by atomic mass is 9.97. The van der Waals surface area contributed by atoms with E-state index in [2.05, 4.69) is 43.5 Å². The quantitative estimate of drug-likeness (QED) is 0.779. The molecule has 2 N–H and O–H groups in total. The first kappa shape index (κ1) is 13.6. The van der Waals surface area contributed by atoms with Gasteiger partial charge in [0.2, 0.25) is 0 Å². The molecule has 1 aliphatic heterocycles. The standard InChI is InChI=1S/C16H26N2/c1-12-4-5-16(14(3)13(12)2)7-9-18-11-15-6-8-17-10-15/h4-5,15,17-18H,6-11H2,1-3H3. The summed E-state index contributed by atoms with van der Waals surface area (Å²) in [6.45, 7) is 11.3. The lowest BCUT2D eigenvalue weighted by Gasteiger charge is -2.13. The van der Waals surface area contributed by atoms with Gasteiger partial charge in [-0.25, -0.2) is 0 Å². The summed E-state index contributed by atoms with van der Waals surface area (Å²) in [5.74, 6) is 0.839. The molecule has 0 radical (unpaired) electrons. The van der Waals surface area contributed by atoms with Gasteiger partial charge >= 0.3 is 0 Å². The molecule has 1 aliphatic rings. The van der Waals surface area contributed by atoms with Gasteiger partial charge in [0.1, 0.15) is 0 Å². The summed E-state index contributed by atoms with van der Waals surface area (Å²) >= 11 is 0. The summed E-state index contributed by atoms with van der Waals surface area (Å²) in [5, 5.41) is 7.01. The first-order valence-electron chi connectivity index (χ1n) is 7.15. The van der Waals surface area contributed by atoms with Gasteiger partial charge in [-0.3, -0.25) is 0 Å². The molecule has 1 aromatic rings. The van der Waals surface area contributed by atoms with Crippen molar-refractivity contribution < 1.29 is 0 Å². The van der Waals surface area contributed by atoms with E-state index in [1.165, 1.54) is 41.8 Å². The summed E-state index contributed by atoms with van der Waals surface area (Å²) < 4.78 is 0. The molecule has 100 valence electrons. The highest BCUT2D eigenvalue weighted by Crippen LogP contribution is 2.17. The Labute approximate surface area is 111 Å². The summed E-state index contributed by atoms with van der Waals surface area (Å²) in [5.41, 5.74) is 5.82. The minimum absolute atomic E-state index is 0.839. The van der Waals surface area contributed by atoms with Crippen molar-refractivity contribution in [3.05, 3.63) is 34.4 Å². The number of aryl methyl sites for hydroxylation is 1. The first-order chi connectivity index (χ1) is 8.68. The molecule has 1 unspecified atom stereocenters. The second kappa shape index (κ2) is 6.35. The van der Waals surface area contributed by atoms with Crippen molar-refractivity contribution in [2.24, 2.45) is 5.92 Å². The average Bonchev–Trinajstić information content (AvgIpc) is 2.87. The minimum atomic E-state index is 0.839. The molecule has 0 aromatic heterocycles. The van der Waals surface area contributed by atoms with Crippen LogP contribution in [0, 0.1) is 26.7 Å². The van der Waals surface area contributed by atoms with Crippen LogP contribution >= 0.6 is 0 Å². The van der Waals surface area contributed by atoms with Gasteiger partial charge in [0, 0.05) is 0 Å². The highest BCUT2D eigenvalue weighted by atomic mass is 14.9. The van der Waals surface area contributed by atoms with Gasteiger partial charge in [-0.2, -0.15) is 0 Å². The fraction of sp³-hybridized carbons (Fsp3) is 0.625. The molecule has 1 atom stereocenters. The van der Waals surface area contributed by atoms with Crippen molar-refractivity contribution in [2.45, 2.75) is 33.6 Å². The Hall–Kier alpha value is -0.860. The van der Waals surface area contributed by atoms with Crippen LogP contribution in [0.15, 0.2) is 12.1 Å². The second-order valence-corrected chi connectivity index (χ2v) is 5.60. The highest BCUT2D eigenvalue weighted by Gasteiger charge is 2.13. The SMILES string of the molecule is Cc1ccc(CCNCC2CCNC2)c(C)c1C. The van der Waals surface area contributed by atoms with E-state index in [0.29, 0.717) is 0 Å². The fourth-order valence-corrected chi connectivity index (χ4v) is 2.70. The van der Waals surface area contributed by atoms with E-state index in [9.17, 15) is 0 Å². The Bertz CT molecular complexity index is 392. The zero-order chi connectivity index (χ0) is 13.0. The molecule has 2 heteroatoms. The van der Waals surface area contributed by atoms with E-state index < -0.39 is 0 Å². The first-order valence-corrected chi connectivity index (χ1v) is 7.15. The largest absolute Gasteiger partial charge is 0.316 e. The highest BCUT2D eigenvalue weighted by molar-refractivity contribution is 5.38. The lowest BCUT2D eigenvalue weighted by molar-refractivity contribution is 0.515. The third kappa shape index (κ3) is 3.33. The molecule has 1 saturated heterocycles. The maximum atomic E-state index is 3.60. The lowest BCUT2D eigenvalue weighted by Crippen LogP contribution is -2.26. The summed E-state index contributed by atoms with van der Waals surface area (Å²) in [6.07, 6.45) is 2.47. The molecule has 2 rings (SSSR count). The van der Waals surface area contributed by atoms with E-state index in [1.54, 1.807) is 0 Å². The summed E-state index contributed by atoms with van der Waals surface area (Å²) in [4.78, 5) is 0. The number of benzene rings is 1. The number of rotatable bonds is 5. The van der Waals surface area contributed by atoms with E-state index in [0.717, 1.165) is 25.4 Å². The van der Waals surface area contributed by atoms with Crippen molar-refractivity contribution in [3.8, 4) is 0 Å². The molecule has 18 heavy (non-hydrogen) atoms. The van der Waals surface area contributed by atoms with Gasteiger partial charge < -0.3 is 10.6 Å². The van der Waals surface area contributed by atoms with Crippen LogP contribution in [0.2, 0.25) is 0 Å². The molecular formula is C16H26N2. The second-order valence-electron chi connectivity index (χ2n) is 5.60. The van der Waals surface area contributed by atoms with Crippen LogP contribution < -0.4 is 10.6 Å². The molecule has 0 aliphatic carbocycles. The molecule has 0 saturated carbocycles. The van der Waals surface area contributed by atoms with Crippen molar-refractivity contribution in [1.82, 2.24) is 10.6 Å². The van der Waals surface area contributed by atoms with Crippen molar-refractivity contribution >= 4 is 0 Å². The van der Waals surface area contributed by atoms with E-state index in [1.807, 2.05) is 0 Å². The number of hydrogen-bond donors (Lipinski definition) is 2. The fourth-order valence-electron chi connectivity index (χ4n) is 2.70. The van der Waals surface area contributed by atoms with Crippen LogP contribution in [-0.4, -0.2) is 26.2 Å². The van der Waals surface area contributed by atoms with Crippen molar-refractivity contribution in [3.63, 3.8) is 0 Å². The maximum Gasteiger partial charge on any atom is -0.000777 e. The molecule has 0 amide bonds. The van der Waals surface area contributed by atoms with Crippen LogP contribution in [-0.2, 0) is 6.42 Å². The van der Waals surface area contributed by atoms with Crippen LogP contribution in [0.1, 0.15) is 28.7 Å². The van der Waals surface area contributed by atoms with Crippen LogP contribution in [0.4, 0.5) is 0 Å². The normalized spacial score (nSPS) is 19.4. The van der Waals surface area contributed by atoms with Gasteiger partial charge in [-0.15, -0.1) is 0 Å². The van der Waals surface area contributed by atoms with E-state index >= 15 is 0 Å². The van der Waals surface area contributed by atoms with Gasteiger partial charge in [-0.1, -0.05) is 12.1 Å². The van der Waals surface area contributed by atoms with Gasteiger partial charge in [0.25, 0.3) is 0 Å². The molecule has 1 heterocycles. The van der Waals surface area contributed by atoms with Crippen molar-refractivity contribution in [2.75, 3.05) is 26.2 Å². The Balaban J connectivity index is 1.77. The summed E-state index contributed by atoms with van der Waals surface area (Å²) in [6, 6.07) is 4.54. The van der Waals surface area contributed by atoms with E-state index in [-0.39, 0.29) is 0 Å². The summed E-state index contributed by atoms with van der Waals surface area (Å²) in [7, 11) is 0. The van der Waals surface area contributed by atoms with Gasteiger partial charge in [-0.05, 0) is 88.0 Å². The molecule has 0 bridgehead atoms. The molecule has 1 aromatic carbocycles. The molecule has 1 fully saturated rings. The minimum Gasteiger partial charge on any atom is -0.316 e. The smallest absolute Gasteiger partial charge is 0.000777 e. The topological polar surface area (TPSA) is 24.1 Å². The van der Waals surface area contributed by atoms with Crippen LogP contribution in [0.25, 0.3) is 0 Å². The third-order valence-electron chi connectivity index (χ3n) is 4.34. The van der Waals surface area contributed by atoms with Crippen molar-refractivity contribution in [1.29, 1.82) is 0 Å². The Morgan fingerprint density at radius 3 is 2.78 bits per heavy atom. The number of hydrogen-bond acceptors (Lipinski definition) is 2. The van der Waals surface area contributed by atoms with Crippen LogP contribution in [0.5, 0.6) is 0 Å². The van der Waals surface area contributed by atoms with Gasteiger partial charge in [0.15, 0.2) is 0 Å². The zero-order valence-corrected chi connectivity index (χ0v) is 12.0. The Morgan fingerprint density at radius 1 is 1.22 bits per heavy atom. The van der Waals surface area contributed by atoms with E-state index in [4.69, 9.17) is 0 Å². The molecule has 0 spiro atoms. The van der Waals surface area contributed by atoms with Crippen LogP contribution in [0.3, 0.4) is 0 Å². The molecular weight excluding hydrogens is 220 g/mol. The maximum absolute atomic E-state index is 3.60. The Kier molecular flexibility index (Phi) is 4.79. The predicted molar refractivity (Wildman–Crippen MR) is 78.2 cm³/mol.